The lowest BCUT2D eigenvalue weighted by molar-refractivity contribution is 0.175. The number of nitrogens with zero attached hydrogens (tertiary/aromatic N) is 2. The first-order valence-electron chi connectivity index (χ1n) is 8.33. The van der Waals surface area contributed by atoms with Gasteiger partial charge in [-0.1, -0.05) is 17.7 Å². The van der Waals surface area contributed by atoms with Crippen LogP contribution in [0.2, 0.25) is 5.02 Å². The lowest BCUT2D eigenvalue weighted by Gasteiger charge is -2.35. The predicted octanol–water partition coefficient (Wildman–Crippen LogP) is 3.17. The van der Waals surface area contributed by atoms with Crippen molar-refractivity contribution in [3.05, 3.63) is 46.5 Å². The lowest BCUT2D eigenvalue weighted by atomic mass is 9.87. The standard InChI is InChI=1S/C19H18BClN2O3/c1-11-3-5-14-16(23(11)19(24)25-2)7-6-15(20)18(14)26-17-8-4-13(21)9-12(17)10-22/h4,6-9,11H,3,5,20H2,1-2H3/t11-/m0/s1. The number of halogens is 1. The predicted molar refractivity (Wildman–Crippen MR) is 104 cm³/mol. The summed E-state index contributed by atoms with van der Waals surface area (Å²) in [5.74, 6) is 1.11. The number of anilines is 1. The molecule has 132 valence electrons. The van der Waals surface area contributed by atoms with Crippen molar-refractivity contribution in [2.75, 3.05) is 12.0 Å². The van der Waals surface area contributed by atoms with Gasteiger partial charge < -0.3 is 9.47 Å². The first kappa shape index (κ1) is 18.2. The number of hydrogen-bond acceptors (Lipinski definition) is 4. The molecule has 0 spiro atoms. The van der Waals surface area contributed by atoms with Crippen molar-refractivity contribution in [3.63, 3.8) is 0 Å². The summed E-state index contributed by atoms with van der Waals surface area (Å²) < 4.78 is 11.1. The molecule has 0 aromatic heterocycles. The van der Waals surface area contributed by atoms with Crippen molar-refractivity contribution >= 4 is 36.7 Å². The van der Waals surface area contributed by atoms with Gasteiger partial charge in [-0.3, -0.25) is 4.90 Å². The van der Waals surface area contributed by atoms with Gasteiger partial charge in [0.25, 0.3) is 0 Å². The topological polar surface area (TPSA) is 62.6 Å². The van der Waals surface area contributed by atoms with Gasteiger partial charge in [0.1, 0.15) is 25.4 Å². The van der Waals surface area contributed by atoms with Crippen LogP contribution in [0.4, 0.5) is 10.5 Å². The molecular weight excluding hydrogens is 350 g/mol. The molecule has 2 aromatic rings. The Bertz CT molecular complexity index is 910. The Morgan fingerprint density at radius 3 is 2.85 bits per heavy atom. The quantitative estimate of drug-likeness (QED) is 0.764. The zero-order valence-electron chi connectivity index (χ0n) is 14.9. The third-order valence-corrected chi connectivity index (χ3v) is 4.83. The van der Waals surface area contributed by atoms with Crippen LogP contribution in [0.3, 0.4) is 0 Å². The Kier molecular flexibility index (Phi) is 5.10. The zero-order chi connectivity index (χ0) is 18.8. The maximum Gasteiger partial charge on any atom is 0.414 e. The molecule has 0 aliphatic carbocycles. The fourth-order valence-corrected chi connectivity index (χ4v) is 3.40. The second-order valence-corrected chi connectivity index (χ2v) is 6.73. The smallest absolute Gasteiger partial charge is 0.414 e. The van der Waals surface area contributed by atoms with E-state index in [0.717, 1.165) is 29.6 Å². The Morgan fingerprint density at radius 1 is 1.38 bits per heavy atom. The first-order valence-corrected chi connectivity index (χ1v) is 8.71. The average molecular weight is 369 g/mol. The fourth-order valence-electron chi connectivity index (χ4n) is 3.23. The summed E-state index contributed by atoms with van der Waals surface area (Å²) in [5, 5.41) is 9.83. The monoisotopic (exact) mass is 368 g/mol. The second kappa shape index (κ2) is 7.31. The van der Waals surface area contributed by atoms with Crippen molar-refractivity contribution in [1.29, 1.82) is 5.26 Å². The SMILES string of the molecule is Bc1ccc2c(c1Oc1ccc(Cl)cc1C#N)CC[C@H](C)N2C(=O)OC. The number of rotatable bonds is 2. The van der Waals surface area contributed by atoms with E-state index in [1.165, 1.54) is 7.11 Å². The zero-order valence-corrected chi connectivity index (χ0v) is 15.6. The summed E-state index contributed by atoms with van der Waals surface area (Å²) in [7, 11) is 3.32. The third kappa shape index (κ3) is 3.23. The molecule has 7 heteroatoms. The molecule has 1 aliphatic heterocycles. The fraction of sp³-hybridized carbons (Fsp3) is 0.263. The number of amides is 1. The number of nitriles is 1. The third-order valence-electron chi connectivity index (χ3n) is 4.59. The molecule has 0 saturated carbocycles. The van der Waals surface area contributed by atoms with Gasteiger partial charge in [-0.25, -0.2) is 4.79 Å². The Hall–Kier alpha value is -2.65. The number of carbonyl (C=O) groups is 1. The molecule has 26 heavy (non-hydrogen) atoms. The van der Waals surface area contributed by atoms with Crippen LogP contribution in [-0.2, 0) is 11.2 Å². The maximum absolute atomic E-state index is 12.2. The lowest BCUT2D eigenvalue weighted by Crippen LogP contribution is -2.42. The second-order valence-electron chi connectivity index (χ2n) is 6.29. The number of benzene rings is 2. The van der Waals surface area contributed by atoms with Crippen molar-refractivity contribution in [3.8, 4) is 17.6 Å². The van der Waals surface area contributed by atoms with Gasteiger partial charge in [-0.2, -0.15) is 5.26 Å². The van der Waals surface area contributed by atoms with E-state index in [-0.39, 0.29) is 6.04 Å². The number of ether oxygens (including phenoxy) is 2. The summed E-state index contributed by atoms with van der Waals surface area (Å²) >= 11 is 5.97. The molecule has 0 saturated heterocycles. The highest BCUT2D eigenvalue weighted by atomic mass is 35.5. The number of hydrogen-bond donors (Lipinski definition) is 0. The molecule has 0 unspecified atom stereocenters. The van der Waals surface area contributed by atoms with Crippen LogP contribution >= 0.6 is 11.6 Å². The van der Waals surface area contributed by atoms with Crippen LogP contribution in [0.15, 0.2) is 30.3 Å². The molecule has 1 aliphatic rings. The molecule has 0 fully saturated rings. The van der Waals surface area contributed by atoms with E-state index in [1.54, 1.807) is 23.1 Å². The van der Waals surface area contributed by atoms with Crippen LogP contribution in [0.1, 0.15) is 24.5 Å². The summed E-state index contributed by atoms with van der Waals surface area (Å²) in [6, 6.07) is 10.9. The van der Waals surface area contributed by atoms with E-state index in [9.17, 15) is 10.1 Å². The summed E-state index contributed by atoms with van der Waals surface area (Å²) in [4.78, 5) is 13.9. The van der Waals surface area contributed by atoms with Gasteiger partial charge in [0.2, 0.25) is 0 Å². The first-order chi connectivity index (χ1) is 12.5. The van der Waals surface area contributed by atoms with Crippen molar-refractivity contribution in [2.45, 2.75) is 25.8 Å². The van der Waals surface area contributed by atoms with Crippen molar-refractivity contribution in [2.24, 2.45) is 0 Å². The molecule has 1 atom stereocenters. The highest BCUT2D eigenvalue weighted by molar-refractivity contribution is 6.34. The van der Waals surface area contributed by atoms with Crippen LogP contribution < -0.4 is 15.1 Å². The van der Waals surface area contributed by atoms with E-state index in [2.05, 4.69) is 6.07 Å². The molecule has 2 aromatic carbocycles. The van der Waals surface area contributed by atoms with Crippen LogP contribution in [0, 0.1) is 11.3 Å². The van der Waals surface area contributed by atoms with Crippen LogP contribution in [-0.4, -0.2) is 27.1 Å². The van der Waals surface area contributed by atoms with Crippen molar-refractivity contribution in [1.82, 2.24) is 0 Å². The number of fused-ring (bicyclic) bond motifs is 1. The number of carbonyl (C=O) groups excluding carboxylic acids is 1. The average Bonchev–Trinajstić information content (AvgIpc) is 2.64. The Balaban J connectivity index is 2.09. The van der Waals surface area contributed by atoms with Gasteiger partial charge in [-0.05, 0) is 49.5 Å². The molecule has 0 bridgehead atoms. The normalized spacial score (nSPS) is 15.8. The molecule has 0 N–H and O–H groups in total. The van der Waals surface area contributed by atoms with E-state index in [4.69, 9.17) is 21.1 Å². The van der Waals surface area contributed by atoms with Gasteiger partial charge >= 0.3 is 6.09 Å². The number of methoxy groups -OCH3 is 1. The Labute approximate surface area is 158 Å². The minimum absolute atomic E-state index is 0.0377. The highest BCUT2D eigenvalue weighted by Gasteiger charge is 2.31. The van der Waals surface area contributed by atoms with Gasteiger partial charge in [0.05, 0.1) is 18.4 Å². The minimum atomic E-state index is -0.391. The molecule has 1 heterocycles. The van der Waals surface area contributed by atoms with E-state index < -0.39 is 6.09 Å². The van der Waals surface area contributed by atoms with Gasteiger partial charge in [0, 0.05) is 16.6 Å². The highest BCUT2D eigenvalue weighted by Crippen LogP contribution is 2.38. The van der Waals surface area contributed by atoms with Crippen molar-refractivity contribution < 1.29 is 14.3 Å². The largest absolute Gasteiger partial charge is 0.456 e. The van der Waals surface area contributed by atoms with Gasteiger partial charge in [0.15, 0.2) is 0 Å². The van der Waals surface area contributed by atoms with Crippen LogP contribution in [0.25, 0.3) is 0 Å². The van der Waals surface area contributed by atoms with E-state index in [0.29, 0.717) is 22.1 Å². The van der Waals surface area contributed by atoms with E-state index in [1.807, 2.05) is 26.9 Å². The maximum atomic E-state index is 12.2. The van der Waals surface area contributed by atoms with Crippen LogP contribution in [0.5, 0.6) is 11.5 Å². The summed E-state index contributed by atoms with van der Waals surface area (Å²) in [6.07, 6.45) is 1.18. The minimum Gasteiger partial charge on any atom is -0.456 e. The molecule has 0 radical (unpaired) electrons. The Morgan fingerprint density at radius 2 is 2.15 bits per heavy atom. The van der Waals surface area contributed by atoms with E-state index >= 15 is 0 Å². The molecule has 5 nitrogen and oxygen atoms in total. The molecule has 3 rings (SSSR count). The molecule has 1 amide bonds. The summed E-state index contributed by atoms with van der Waals surface area (Å²) in [6.45, 7) is 1.99. The summed E-state index contributed by atoms with van der Waals surface area (Å²) in [5.41, 5.74) is 3.02. The molecular formula is C19H18BClN2O3. The van der Waals surface area contributed by atoms with Gasteiger partial charge in [-0.15, -0.1) is 0 Å².